The maximum Gasteiger partial charge on any atom is 0.0223 e. The van der Waals surface area contributed by atoms with Crippen molar-refractivity contribution in [2.75, 3.05) is 5.88 Å². The summed E-state index contributed by atoms with van der Waals surface area (Å²) >= 11 is 5.58. The molecule has 0 aliphatic carbocycles. The second-order valence-electron chi connectivity index (χ2n) is 3.66. The second-order valence-corrected chi connectivity index (χ2v) is 4.04. The maximum absolute atomic E-state index is 5.58. The van der Waals surface area contributed by atoms with Gasteiger partial charge < -0.3 is 0 Å². The molecule has 0 aromatic carbocycles. The van der Waals surface area contributed by atoms with Crippen LogP contribution in [0.5, 0.6) is 0 Å². The zero-order valence-corrected chi connectivity index (χ0v) is 10.2. The summed E-state index contributed by atoms with van der Waals surface area (Å²) in [5, 5.41) is 0. The van der Waals surface area contributed by atoms with Gasteiger partial charge in [0.05, 0.1) is 0 Å². The van der Waals surface area contributed by atoms with Gasteiger partial charge in [0, 0.05) is 18.7 Å². The van der Waals surface area contributed by atoms with Gasteiger partial charge in [-0.15, -0.1) is 23.4 Å². The first kappa shape index (κ1) is 13.8. The molecule has 0 saturated heterocycles. The van der Waals surface area contributed by atoms with E-state index in [-0.39, 0.29) is 0 Å². The molecule has 0 N–H and O–H groups in total. The van der Waals surface area contributed by atoms with Gasteiger partial charge in [0.2, 0.25) is 0 Å². The summed E-state index contributed by atoms with van der Waals surface area (Å²) in [6, 6.07) is 0. The molecule has 0 aromatic heterocycles. The monoisotopic (exact) mass is 214 g/mol. The first-order valence-electron chi connectivity index (χ1n) is 5.93. The van der Waals surface area contributed by atoms with Crippen molar-refractivity contribution in [3.05, 3.63) is 0 Å². The molecule has 1 heteroatoms. The van der Waals surface area contributed by atoms with Gasteiger partial charge in [-0.3, -0.25) is 0 Å². The molecule has 0 radical (unpaired) electrons. The van der Waals surface area contributed by atoms with E-state index in [0.29, 0.717) is 0 Å². The van der Waals surface area contributed by atoms with Gasteiger partial charge in [-0.25, -0.2) is 0 Å². The first-order valence-corrected chi connectivity index (χ1v) is 6.47. The normalized spacial score (nSPS) is 9.57. The number of hydrogen-bond donors (Lipinski definition) is 0. The van der Waals surface area contributed by atoms with Crippen LogP contribution in [0.3, 0.4) is 0 Å². The molecule has 0 heterocycles. The van der Waals surface area contributed by atoms with E-state index >= 15 is 0 Å². The Hall–Kier alpha value is -0.150. The molecule has 0 aliphatic heterocycles. The van der Waals surface area contributed by atoms with Gasteiger partial charge in [0.15, 0.2) is 0 Å². The lowest BCUT2D eigenvalue weighted by Crippen LogP contribution is -1.77. The SMILES string of the molecule is CCCCCCC#CCCCCCCl. The van der Waals surface area contributed by atoms with Gasteiger partial charge in [0.1, 0.15) is 0 Å². The zero-order valence-electron chi connectivity index (χ0n) is 9.45. The average Bonchev–Trinajstić information content (AvgIpc) is 2.21. The van der Waals surface area contributed by atoms with Crippen LogP contribution in [0.1, 0.15) is 64.7 Å². The summed E-state index contributed by atoms with van der Waals surface area (Å²) in [6.07, 6.45) is 11.0. The van der Waals surface area contributed by atoms with Crippen molar-refractivity contribution in [3.63, 3.8) is 0 Å². The van der Waals surface area contributed by atoms with Crippen molar-refractivity contribution in [1.29, 1.82) is 0 Å². The maximum atomic E-state index is 5.58. The first-order chi connectivity index (χ1) is 6.91. The molecule has 0 atom stereocenters. The van der Waals surface area contributed by atoms with Gasteiger partial charge in [-0.2, -0.15) is 0 Å². The van der Waals surface area contributed by atoms with Crippen molar-refractivity contribution >= 4 is 11.6 Å². The third kappa shape index (κ3) is 11.8. The summed E-state index contributed by atoms with van der Waals surface area (Å²) < 4.78 is 0. The van der Waals surface area contributed by atoms with Gasteiger partial charge in [-0.05, 0) is 19.3 Å². The van der Waals surface area contributed by atoms with Gasteiger partial charge >= 0.3 is 0 Å². The minimum Gasteiger partial charge on any atom is -0.127 e. The highest BCUT2D eigenvalue weighted by molar-refractivity contribution is 6.17. The van der Waals surface area contributed by atoms with E-state index in [0.717, 1.165) is 25.1 Å². The molecule has 0 rings (SSSR count). The molecule has 0 saturated carbocycles. The van der Waals surface area contributed by atoms with Crippen LogP contribution in [0.25, 0.3) is 0 Å². The Bertz CT molecular complexity index is 136. The molecule has 0 aliphatic rings. The number of halogens is 1. The van der Waals surface area contributed by atoms with Crippen LogP contribution in [0.2, 0.25) is 0 Å². The molecule has 0 amide bonds. The standard InChI is InChI=1S/C13H23Cl/c1-2-3-4-5-6-7-8-9-10-11-12-13-14/h2-6,9-13H2,1H3. The number of rotatable bonds is 8. The predicted octanol–water partition coefficient (Wildman–Crippen LogP) is 4.76. The van der Waals surface area contributed by atoms with E-state index in [2.05, 4.69) is 18.8 Å². The Morgan fingerprint density at radius 2 is 1.36 bits per heavy atom. The highest BCUT2D eigenvalue weighted by Crippen LogP contribution is 2.02. The van der Waals surface area contributed by atoms with E-state index in [9.17, 15) is 0 Å². The number of hydrogen-bond acceptors (Lipinski definition) is 0. The summed E-state index contributed by atoms with van der Waals surface area (Å²) in [4.78, 5) is 0. The Labute approximate surface area is 94.4 Å². The van der Waals surface area contributed by atoms with Crippen molar-refractivity contribution in [2.24, 2.45) is 0 Å². The lowest BCUT2D eigenvalue weighted by atomic mass is 10.1. The third-order valence-electron chi connectivity index (χ3n) is 2.22. The van der Waals surface area contributed by atoms with Crippen LogP contribution in [0.4, 0.5) is 0 Å². The molecule has 0 spiro atoms. The number of alkyl halides is 1. The molecule has 0 unspecified atom stereocenters. The summed E-state index contributed by atoms with van der Waals surface area (Å²) in [7, 11) is 0. The summed E-state index contributed by atoms with van der Waals surface area (Å²) in [6.45, 7) is 2.24. The van der Waals surface area contributed by atoms with Gasteiger partial charge in [-0.1, -0.05) is 32.6 Å². The van der Waals surface area contributed by atoms with Crippen molar-refractivity contribution in [3.8, 4) is 11.8 Å². The molecule has 0 bridgehead atoms. The van der Waals surface area contributed by atoms with E-state index in [1.54, 1.807) is 0 Å². The third-order valence-corrected chi connectivity index (χ3v) is 2.48. The van der Waals surface area contributed by atoms with E-state index in [1.807, 2.05) is 0 Å². The quantitative estimate of drug-likeness (QED) is 0.311. The fourth-order valence-electron chi connectivity index (χ4n) is 1.30. The Balaban J connectivity index is 3.03. The summed E-state index contributed by atoms with van der Waals surface area (Å²) in [5.74, 6) is 7.26. The van der Waals surface area contributed by atoms with Crippen LogP contribution in [-0.4, -0.2) is 5.88 Å². The minimum absolute atomic E-state index is 0.796. The predicted molar refractivity (Wildman–Crippen MR) is 65.7 cm³/mol. The van der Waals surface area contributed by atoms with Gasteiger partial charge in [0.25, 0.3) is 0 Å². The second kappa shape index (κ2) is 12.8. The van der Waals surface area contributed by atoms with E-state index < -0.39 is 0 Å². The highest BCUT2D eigenvalue weighted by Gasteiger charge is 1.85. The highest BCUT2D eigenvalue weighted by atomic mass is 35.5. The number of unbranched alkanes of at least 4 members (excludes halogenated alkanes) is 7. The molecule has 0 aromatic rings. The molecule has 14 heavy (non-hydrogen) atoms. The topological polar surface area (TPSA) is 0 Å². The Morgan fingerprint density at radius 1 is 0.786 bits per heavy atom. The van der Waals surface area contributed by atoms with Crippen molar-refractivity contribution in [1.82, 2.24) is 0 Å². The van der Waals surface area contributed by atoms with Crippen molar-refractivity contribution < 1.29 is 0 Å². The lowest BCUT2D eigenvalue weighted by molar-refractivity contribution is 0.679. The minimum atomic E-state index is 0.796. The Morgan fingerprint density at radius 3 is 1.86 bits per heavy atom. The van der Waals surface area contributed by atoms with E-state index in [1.165, 1.54) is 38.5 Å². The zero-order chi connectivity index (χ0) is 10.5. The largest absolute Gasteiger partial charge is 0.127 e. The molecular weight excluding hydrogens is 192 g/mol. The smallest absolute Gasteiger partial charge is 0.0223 e. The average molecular weight is 215 g/mol. The summed E-state index contributed by atoms with van der Waals surface area (Å²) in [5.41, 5.74) is 0. The Kier molecular flexibility index (Phi) is 12.7. The van der Waals surface area contributed by atoms with Crippen molar-refractivity contribution in [2.45, 2.75) is 64.7 Å². The van der Waals surface area contributed by atoms with Crippen LogP contribution in [-0.2, 0) is 0 Å². The fourth-order valence-corrected chi connectivity index (χ4v) is 1.49. The van der Waals surface area contributed by atoms with Crippen LogP contribution >= 0.6 is 11.6 Å². The lowest BCUT2D eigenvalue weighted by Gasteiger charge is -1.93. The molecular formula is C13H23Cl. The molecule has 0 fully saturated rings. The fraction of sp³-hybridized carbons (Fsp3) is 0.846. The van der Waals surface area contributed by atoms with Crippen LogP contribution in [0.15, 0.2) is 0 Å². The molecule has 0 nitrogen and oxygen atoms in total. The van der Waals surface area contributed by atoms with E-state index in [4.69, 9.17) is 11.6 Å². The van der Waals surface area contributed by atoms with Crippen LogP contribution in [0, 0.1) is 11.8 Å². The molecule has 82 valence electrons. The van der Waals surface area contributed by atoms with Crippen LogP contribution < -0.4 is 0 Å².